The minimum atomic E-state index is -1.14. The number of carbonyl (C=O) groups excluding carboxylic acids is 3. The Bertz CT molecular complexity index is 1180. The van der Waals surface area contributed by atoms with Gasteiger partial charge in [-0.3, -0.25) is 14.5 Å². The number of nitrogens with zero attached hydrogens (tertiary/aromatic N) is 1. The monoisotopic (exact) mass is 467 g/mol. The number of rotatable bonds is 7. The Morgan fingerprint density at radius 1 is 0.886 bits per heavy atom. The Balaban J connectivity index is 1.35. The Morgan fingerprint density at radius 2 is 1.49 bits per heavy atom. The van der Waals surface area contributed by atoms with Crippen LogP contribution in [0.1, 0.15) is 41.1 Å². The molecule has 0 unspecified atom stereocenters. The summed E-state index contributed by atoms with van der Waals surface area (Å²) in [5.74, 6) is -0.695. The van der Waals surface area contributed by atoms with Crippen molar-refractivity contribution in [3.05, 3.63) is 107 Å². The molecule has 1 heterocycles. The second-order valence-electron chi connectivity index (χ2n) is 9.44. The van der Waals surface area contributed by atoms with Gasteiger partial charge >= 0.3 is 6.03 Å². The number of hydrogen-bond acceptors (Lipinski definition) is 3. The second kappa shape index (κ2) is 9.74. The molecule has 2 aliphatic rings. The van der Waals surface area contributed by atoms with Crippen molar-refractivity contribution in [3.63, 3.8) is 0 Å². The van der Waals surface area contributed by atoms with Gasteiger partial charge in [0, 0.05) is 12.8 Å². The zero-order valence-corrected chi connectivity index (χ0v) is 19.6. The van der Waals surface area contributed by atoms with Gasteiger partial charge in [-0.25, -0.2) is 4.79 Å². The summed E-state index contributed by atoms with van der Waals surface area (Å²) in [5, 5.41) is 6.00. The zero-order valence-electron chi connectivity index (χ0n) is 19.6. The molecule has 0 radical (unpaired) electrons. The molecule has 0 saturated carbocycles. The molecule has 35 heavy (non-hydrogen) atoms. The van der Waals surface area contributed by atoms with Crippen molar-refractivity contribution in [2.75, 3.05) is 6.54 Å². The van der Waals surface area contributed by atoms with Gasteiger partial charge in [0.2, 0.25) is 5.91 Å². The third-order valence-corrected chi connectivity index (χ3v) is 6.95. The van der Waals surface area contributed by atoms with Gasteiger partial charge in [-0.2, -0.15) is 0 Å². The first-order valence-electron chi connectivity index (χ1n) is 12.1. The second-order valence-corrected chi connectivity index (χ2v) is 9.44. The smallest absolute Gasteiger partial charge is 0.325 e. The van der Waals surface area contributed by atoms with Crippen molar-refractivity contribution in [2.24, 2.45) is 0 Å². The van der Waals surface area contributed by atoms with Crippen molar-refractivity contribution in [1.82, 2.24) is 15.5 Å². The molecule has 1 fully saturated rings. The average molecular weight is 468 g/mol. The van der Waals surface area contributed by atoms with Crippen molar-refractivity contribution in [3.8, 4) is 0 Å². The van der Waals surface area contributed by atoms with E-state index in [4.69, 9.17) is 0 Å². The standard InChI is InChI=1S/C29H29N3O3/c33-26(30-25-17-9-15-23-14-7-8-16-24(23)25)20-32-27(34)29(31-28(32)35,18-21-10-3-1-4-11-21)19-22-12-5-2-6-13-22/h1-8,10-14,16,25H,9,15,17-20H2,(H,30,33)(H,31,35)/t25-/m0/s1. The van der Waals surface area contributed by atoms with Crippen LogP contribution in [-0.2, 0) is 28.9 Å². The molecule has 2 N–H and O–H groups in total. The van der Waals surface area contributed by atoms with E-state index in [2.05, 4.69) is 16.7 Å². The lowest BCUT2D eigenvalue weighted by Gasteiger charge is -2.28. The maximum absolute atomic E-state index is 13.7. The number of aryl methyl sites for hydroxylation is 1. The Labute approximate surface area is 205 Å². The van der Waals surface area contributed by atoms with Crippen LogP contribution < -0.4 is 10.6 Å². The summed E-state index contributed by atoms with van der Waals surface area (Å²) in [7, 11) is 0. The van der Waals surface area contributed by atoms with Gasteiger partial charge in [-0.15, -0.1) is 0 Å². The molecule has 0 spiro atoms. The minimum absolute atomic E-state index is 0.105. The van der Waals surface area contributed by atoms with Crippen LogP contribution in [0.3, 0.4) is 0 Å². The predicted molar refractivity (Wildman–Crippen MR) is 134 cm³/mol. The maximum atomic E-state index is 13.7. The number of urea groups is 1. The van der Waals surface area contributed by atoms with Gasteiger partial charge < -0.3 is 10.6 Å². The molecule has 178 valence electrons. The SMILES string of the molecule is O=C(CN1C(=O)NC(Cc2ccccc2)(Cc2ccccc2)C1=O)N[C@H]1CCCc2ccccc21. The fraction of sp³-hybridized carbons (Fsp3) is 0.276. The van der Waals surface area contributed by atoms with Crippen LogP contribution in [0, 0.1) is 0 Å². The maximum Gasteiger partial charge on any atom is 0.325 e. The number of imide groups is 1. The van der Waals surface area contributed by atoms with Gasteiger partial charge in [-0.1, -0.05) is 84.9 Å². The predicted octanol–water partition coefficient (Wildman–Crippen LogP) is 3.96. The van der Waals surface area contributed by atoms with Gasteiger partial charge in [0.1, 0.15) is 12.1 Å². The Hall–Kier alpha value is -3.93. The molecule has 1 aliphatic heterocycles. The average Bonchev–Trinajstić information content (AvgIpc) is 3.09. The number of nitrogens with one attached hydrogen (secondary N) is 2. The first-order valence-corrected chi connectivity index (χ1v) is 12.1. The highest BCUT2D eigenvalue weighted by atomic mass is 16.2. The molecule has 4 amide bonds. The van der Waals surface area contributed by atoms with Crippen molar-refractivity contribution in [1.29, 1.82) is 0 Å². The molecule has 3 aromatic carbocycles. The van der Waals surface area contributed by atoms with Gasteiger partial charge in [-0.05, 0) is 41.5 Å². The van der Waals surface area contributed by atoms with Crippen LogP contribution in [-0.4, -0.2) is 34.8 Å². The third kappa shape index (κ3) is 4.83. The highest BCUT2D eigenvalue weighted by Gasteiger charge is 2.51. The number of hydrogen-bond donors (Lipinski definition) is 2. The minimum Gasteiger partial charge on any atom is -0.348 e. The largest absolute Gasteiger partial charge is 0.348 e. The lowest BCUT2D eigenvalue weighted by molar-refractivity contribution is -0.135. The van der Waals surface area contributed by atoms with Crippen LogP contribution in [0.2, 0.25) is 0 Å². The summed E-state index contributed by atoms with van der Waals surface area (Å²) in [6.07, 6.45) is 3.52. The molecular weight excluding hydrogens is 438 g/mol. The van der Waals surface area contributed by atoms with E-state index in [0.29, 0.717) is 12.8 Å². The molecule has 1 aliphatic carbocycles. The highest BCUT2D eigenvalue weighted by Crippen LogP contribution is 2.30. The van der Waals surface area contributed by atoms with E-state index in [0.717, 1.165) is 40.9 Å². The fourth-order valence-corrected chi connectivity index (χ4v) is 5.30. The molecule has 3 aromatic rings. The molecule has 5 rings (SSSR count). The topological polar surface area (TPSA) is 78.5 Å². The van der Waals surface area contributed by atoms with Crippen LogP contribution in [0.15, 0.2) is 84.9 Å². The number of fused-ring (bicyclic) bond motifs is 1. The summed E-state index contributed by atoms with van der Waals surface area (Å²) in [6.45, 7) is -0.297. The quantitative estimate of drug-likeness (QED) is 0.517. The Morgan fingerprint density at radius 3 is 2.14 bits per heavy atom. The molecule has 6 nitrogen and oxygen atoms in total. The van der Waals surface area contributed by atoms with Crippen LogP contribution in [0.5, 0.6) is 0 Å². The number of amides is 4. The van der Waals surface area contributed by atoms with E-state index in [1.54, 1.807) is 0 Å². The van der Waals surface area contributed by atoms with E-state index in [9.17, 15) is 14.4 Å². The van der Waals surface area contributed by atoms with E-state index < -0.39 is 11.6 Å². The van der Waals surface area contributed by atoms with Crippen molar-refractivity contribution >= 4 is 17.8 Å². The summed E-state index contributed by atoms with van der Waals surface area (Å²) in [6, 6.07) is 26.8. The van der Waals surface area contributed by atoms with Crippen molar-refractivity contribution < 1.29 is 14.4 Å². The molecule has 0 bridgehead atoms. The summed E-state index contributed by atoms with van der Waals surface area (Å²) >= 11 is 0. The zero-order chi connectivity index (χ0) is 24.3. The van der Waals surface area contributed by atoms with Crippen LogP contribution >= 0.6 is 0 Å². The molecule has 0 aromatic heterocycles. The normalized spacial score (nSPS) is 18.6. The summed E-state index contributed by atoms with van der Waals surface area (Å²) < 4.78 is 0. The first kappa shape index (κ1) is 22.8. The molecule has 1 saturated heterocycles. The van der Waals surface area contributed by atoms with Gasteiger partial charge in [0.05, 0.1) is 6.04 Å². The van der Waals surface area contributed by atoms with E-state index in [-0.39, 0.29) is 24.4 Å². The number of carbonyl (C=O) groups is 3. The summed E-state index contributed by atoms with van der Waals surface area (Å²) in [5.41, 5.74) is 3.11. The molecular formula is C29H29N3O3. The van der Waals surface area contributed by atoms with Crippen molar-refractivity contribution in [2.45, 2.75) is 43.7 Å². The first-order chi connectivity index (χ1) is 17.0. The van der Waals surface area contributed by atoms with Gasteiger partial charge in [0.15, 0.2) is 0 Å². The van der Waals surface area contributed by atoms with Crippen LogP contribution in [0.4, 0.5) is 4.79 Å². The van der Waals surface area contributed by atoms with Gasteiger partial charge in [0.25, 0.3) is 5.91 Å². The lowest BCUT2D eigenvalue weighted by atomic mass is 9.84. The lowest BCUT2D eigenvalue weighted by Crippen LogP contribution is -2.51. The van der Waals surface area contributed by atoms with E-state index >= 15 is 0 Å². The molecule has 6 heteroatoms. The highest BCUT2D eigenvalue weighted by molar-refractivity contribution is 6.09. The number of benzene rings is 3. The third-order valence-electron chi connectivity index (χ3n) is 6.95. The fourth-order valence-electron chi connectivity index (χ4n) is 5.30. The van der Waals surface area contributed by atoms with Crippen LogP contribution in [0.25, 0.3) is 0 Å². The summed E-state index contributed by atoms with van der Waals surface area (Å²) in [4.78, 5) is 40.8. The molecule has 1 atom stereocenters. The van der Waals surface area contributed by atoms with E-state index in [1.807, 2.05) is 78.9 Å². The van der Waals surface area contributed by atoms with E-state index in [1.165, 1.54) is 5.56 Å². The Kier molecular flexibility index (Phi) is 6.36.